The number of sulfone groups is 1. The Bertz CT molecular complexity index is 918. The van der Waals surface area contributed by atoms with Gasteiger partial charge in [0.15, 0.2) is 9.84 Å². The molecule has 0 bridgehead atoms. The van der Waals surface area contributed by atoms with Gasteiger partial charge in [0.25, 0.3) is 0 Å². The third kappa shape index (κ3) is 5.34. The fraction of sp³-hybridized carbons (Fsp3) is 0.381. The Morgan fingerprint density at radius 2 is 1.86 bits per heavy atom. The Morgan fingerprint density at radius 3 is 2.50 bits per heavy atom. The summed E-state index contributed by atoms with van der Waals surface area (Å²) in [5.74, 6) is 0.0653. The van der Waals surface area contributed by atoms with Gasteiger partial charge in [-0.3, -0.25) is 4.79 Å². The Kier molecular flexibility index (Phi) is 6.75. The molecule has 1 aliphatic heterocycles. The molecule has 5 nitrogen and oxygen atoms in total. The Balaban J connectivity index is 1.70. The van der Waals surface area contributed by atoms with Gasteiger partial charge in [-0.05, 0) is 30.5 Å². The van der Waals surface area contributed by atoms with Crippen LogP contribution in [0.15, 0.2) is 54.6 Å². The van der Waals surface area contributed by atoms with E-state index in [1.165, 1.54) is 0 Å². The van der Waals surface area contributed by atoms with Gasteiger partial charge < -0.3 is 10.2 Å². The predicted molar refractivity (Wildman–Crippen MR) is 112 cm³/mol. The van der Waals surface area contributed by atoms with Crippen molar-refractivity contribution in [2.45, 2.75) is 32.0 Å². The Labute approximate surface area is 171 Å². The molecule has 0 radical (unpaired) electrons. The molecule has 2 aromatic rings. The zero-order chi connectivity index (χ0) is 20.1. The minimum absolute atomic E-state index is 0.0334. The van der Waals surface area contributed by atoms with Gasteiger partial charge in [0.05, 0.1) is 18.1 Å². The smallest absolute Gasteiger partial charge is 0.237 e. The number of carbonyl (C=O) groups excluding carboxylic acids is 1. The summed E-state index contributed by atoms with van der Waals surface area (Å²) in [7, 11) is -3.08. The summed E-state index contributed by atoms with van der Waals surface area (Å²) < 4.78 is 23.9. The quantitative estimate of drug-likeness (QED) is 0.746. The normalized spacial score (nSPS) is 19.3. The maximum atomic E-state index is 13.0. The zero-order valence-electron chi connectivity index (χ0n) is 15.8. The van der Waals surface area contributed by atoms with Crippen LogP contribution in [0.4, 0.5) is 0 Å². The molecule has 3 rings (SSSR count). The second kappa shape index (κ2) is 9.07. The maximum Gasteiger partial charge on any atom is 0.237 e. The SMILES string of the molecule is C[C@H](NCC(=O)N(Cc1ccccc1)[C@H]1CCS(=O)(=O)C1)c1ccccc1Cl. The lowest BCUT2D eigenvalue weighted by molar-refractivity contribution is -0.132. The third-order valence-corrected chi connectivity index (χ3v) is 7.19. The summed E-state index contributed by atoms with van der Waals surface area (Å²) in [6, 6.07) is 16.8. The van der Waals surface area contributed by atoms with Crippen molar-refractivity contribution in [2.75, 3.05) is 18.1 Å². The van der Waals surface area contributed by atoms with Gasteiger partial charge in [-0.2, -0.15) is 0 Å². The minimum Gasteiger partial charge on any atom is -0.333 e. The van der Waals surface area contributed by atoms with E-state index in [4.69, 9.17) is 11.6 Å². The second-order valence-corrected chi connectivity index (χ2v) is 9.82. The van der Waals surface area contributed by atoms with Crippen LogP contribution in [0.2, 0.25) is 5.02 Å². The largest absolute Gasteiger partial charge is 0.333 e. The van der Waals surface area contributed by atoms with Crippen LogP contribution >= 0.6 is 11.6 Å². The van der Waals surface area contributed by atoms with E-state index in [9.17, 15) is 13.2 Å². The van der Waals surface area contributed by atoms with Crippen molar-refractivity contribution >= 4 is 27.3 Å². The fourth-order valence-corrected chi connectivity index (χ4v) is 5.53. The highest BCUT2D eigenvalue weighted by atomic mass is 35.5. The van der Waals surface area contributed by atoms with E-state index in [0.717, 1.165) is 11.1 Å². The summed E-state index contributed by atoms with van der Waals surface area (Å²) in [4.78, 5) is 14.7. The Morgan fingerprint density at radius 1 is 1.18 bits per heavy atom. The van der Waals surface area contributed by atoms with Crippen LogP contribution in [0.25, 0.3) is 0 Å². The molecule has 0 unspecified atom stereocenters. The predicted octanol–water partition coefficient (Wildman–Crippen LogP) is 3.21. The first kappa shape index (κ1) is 20.8. The summed E-state index contributed by atoms with van der Waals surface area (Å²) >= 11 is 6.24. The van der Waals surface area contributed by atoms with Crippen molar-refractivity contribution < 1.29 is 13.2 Å². The number of benzene rings is 2. The van der Waals surface area contributed by atoms with Crippen molar-refractivity contribution in [1.82, 2.24) is 10.2 Å². The number of amides is 1. The molecule has 2 atom stereocenters. The monoisotopic (exact) mass is 420 g/mol. The third-order valence-electron chi connectivity index (χ3n) is 5.10. The van der Waals surface area contributed by atoms with Crippen molar-refractivity contribution in [3.63, 3.8) is 0 Å². The molecule has 1 aliphatic rings. The van der Waals surface area contributed by atoms with Crippen molar-refractivity contribution in [1.29, 1.82) is 0 Å². The van der Waals surface area contributed by atoms with Crippen molar-refractivity contribution in [3.05, 3.63) is 70.7 Å². The van der Waals surface area contributed by atoms with Crippen molar-refractivity contribution in [2.24, 2.45) is 0 Å². The van der Waals surface area contributed by atoms with Gasteiger partial charge in [0, 0.05) is 23.7 Å². The van der Waals surface area contributed by atoms with Crippen LogP contribution in [-0.2, 0) is 21.2 Å². The molecule has 0 aliphatic carbocycles. The molecule has 0 aromatic heterocycles. The summed E-state index contributed by atoms with van der Waals surface area (Å²) in [6.07, 6.45) is 0.487. The number of rotatable bonds is 7. The number of carbonyl (C=O) groups is 1. The van der Waals surface area contributed by atoms with Gasteiger partial charge >= 0.3 is 0 Å². The van der Waals surface area contributed by atoms with E-state index in [-0.39, 0.29) is 36.0 Å². The highest BCUT2D eigenvalue weighted by molar-refractivity contribution is 7.91. The molecule has 1 heterocycles. The van der Waals surface area contributed by atoms with Crippen LogP contribution < -0.4 is 5.32 Å². The lowest BCUT2D eigenvalue weighted by Crippen LogP contribution is -2.45. The van der Waals surface area contributed by atoms with Gasteiger partial charge in [-0.1, -0.05) is 60.1 Å². The molecule has 0 saturated carbocycles. The van der Waals surface area contributed by atoms with Gasteiger partial charge in [0.2, 0.25) is 5.91 Å². The molecule has 1 saturated heterocycles. The number of nitrogens with one attached hydrogen (secondary N) is 1. The first-order chi connectivity index (χ1) is 13.4. The maximum absolute atomic E-state index is 13.0. The topological polar surface area (TPSA) is 66.5 Å². The van der Waals surface area contributed by atoms with E-state index in [1.54, 1.807) is 4.90 Å². The molecule has 7 heteroatoms. The van der Waals surface area contributed by atoms with E-state index >= 15 is 0 Å². The molecule has 150 valence electrons. The van der Waals surface area contributed by atoms with Gasteiger partial charge in [-0.15, -0.1) is 0 Å². The van der Waals surface area contributed by atoms with E-state index in [2.05, 4.69) is 5.32 Å². The standard InChI is InChI=1S/C21H25ClN2O3S/c1-16(19-9-5-6-10-20(19)22)23-13-21(25)24(14-17-7-3-2-4-8-17)18-11-12-28(26,27)15-18/h2-10,16,18,23H,11-15H2,1H3/t16-,18-/m0/s1. The number of halogens is 1. The van der Waals surface area contributed by atoms with Crippen LogP contribution in [0.5, 0.6) is 0 Å². The molecule has 2 aromatic carbocycles. The van der Waals surface area contributed by atoms with Crippen molar-refractivity contribution in [3.8, 4) is 0 Å². The fourth-order valence-electron chi connectivity index (χ4n) is 3.50. The highest BCUT2D eigenvalue weighted by Gasteiger charge is 2.34. The first-order valence-electron chi connectivity index (χ1n) is 9.37. The van der Waals surface area contributed by atoms with Crippen LogP contribution in [0.1, 0.15) is 30.5 Å². The van der Waals surface area contributed by atoms with Gasteiger partial charge in [-0.25, -0.2) is 8.42 Å². The minimum atomic E-state index is -3.08. The van der Waals surface area contributed by atoms with E-state index in [1.807, 2.05) is 61.5 Å². The highest BCUT2D eigenvalue weighted by Crippen LogP contribution is 2.23. The molecule has 1 fully saturated rings. The van der Waals surface area contributed by atoms with Crippen LogP contribution in [0, 0.1) is 0 Å². The molecular formula is C21H25ClN2O3S. The molecule has 0 spiro atoms. The molecule has 28 heavy (non-hydrogen) atoms. The zero-order valence-corrected chi connectivity index (χ0v) is 17.4. The molecular weight excluding hydrogens is 396 g/mol. The van der Waals surface area contributed by atoms with E-state index in [0.29, 0.717) is 18.0 Å². The van der Waals surface area contributed by atoms with E-state index < -0.39 is 9.84 Å². The lowest BCUT2D eigenvalue weighted by Gasteiger charge is -2.29. The average Bonchev–Trinajstić information content (AvgIpc) is 3.04. The lowest BCUT2D eigenvalue weighted by atomic mass is 10.1. The second-order valence-electron chi connectivity index (χ2n) is 7.19. The number of hydrogen-bond acceptors (Lipinski definition) is 4. The molecule has 1 N–H and O–H groups in total. The van der Waals surface area contributed by atoms with Crippen LogP contribution in [0.3, 0.4) is 0 Å². The Hall–Kier alpha value is -1.89. The first-order valence-corrected chi connectivity index (χ1v) is 11.6. The van der Waals surface area contributed by atoms with Gasteiger partial charge in [0.1, 0.15) is 0 Å². The molecule has 1 amide bonds. The summed E-state index contributed by atoms with van der Waals surface area (Å²) in [5, 5.41) is 3.88. The summed E-state index contributed by atoms with van der Waals surface area (Å²) in [5.41, 5.74) is 1.91. The number of nitrogens with zero attached hydrogens (tertiary/aromatic N) is 1. The van der Waals surface area contributed by atoms with Crippen LogP contribution in [-0.4, -0.2) is 43.3 Å². The average molecular weight is 421 g/mol. The summed E-state index contributed by atoms with van der Waals surface area (Å²) in [6.45, 7) is 2.48. The number of hydrogen-bond donors (Lipinski definition) is 1.